The normalized spacial score (nSPS) is 20.3. The lowest BCUT2D eigenvalue weighted by Gasteiger charge is -2.32. The topological polar surface area (TPSA) is 98.1 Å². The van der Waals surface area contributed by atoms with Gasteiger partial charge in [-0.15, -0.1) is 5.10 Å². The van der Waals surface area contributed by atoms with E-state index in [1.807, 2.05) is 11.0 Å². The number of carbonyl (C=O) groups excluding carboxylic acids is 1. The van der Waals surface area contributed by atoms with Gasteiger partial charge in [-0.3, -0.25) is 4.79 Å². The molecule has 0 saturated carbocycles. The predicted molar refractivity (Wildman–Crippen MR) is 64.1 cm³/mol. The van der Waals surface area contributed by atoms with Crippen molar-refractivity contribution in [3.05, 3.63) is 17.8 Å². The fourth-order valence-electron chi connectivity index (χ4n) is 2.18. The van der Waals surface area contributed by atoms with E-state index in [0.29, 0.717) is 13.1 Å². The number of anilines is 1. The quantitative estimate of drug-likeness (QED) is 0.745. The van der Waals surface area contributed by atoms with E-state index in [9.17, 15) is 4.79 Å². The monoisotopic (exact) mass is 235 g/mol. The third-order valence-electron chi connectivity index (χ3n) is 3.13. The lowest BCUT2D eigenvalue weighted by molar-refractivity contribution is -0.122. The molecule has 0 aromatic carbocycles. The van der Waals surface area contributed by atoms with E-state index >= 15 is 0 Å². The zero-order valence-corrected chi connectivity index (χ0v) is 9.67. The van der Waals surface area contributed by atoms with Crippen molar-refractivity contribution in [2.75, 3.05) is 18.0 Å². The minimum Gasteiger partial charge on any atom is -0.369 e. The molecule has 0 radical (unpaired) electrons. The molecule has 0 bridgehead atoms. The van der Waals surface area contributed by atoms with Gasteiger partial charge in [0.2, 0.25) is 5.91 Å². The second-order valence-electron chi connectivity index (χ2n) is 4.27. The van der Waals surface area contributed by atoms with Crippen LogP contribution in [0.3, 0.4) is 0 Å². The summed E-state index contributed by atoms with van der Waals surface area (Å²) in [5, 5.41) is 7.99. The largest absolute Gasteiger partial charge is 0.369 e. The Morgan fingerprint density at radius 2 is 2.41 bits per heavy atom. The molecule has 1 amide bonds. The summed E-state index contributed by atoms with van der Waals surface area (Å²) in [6.07, 6.45) is 3.42. The fourth-order valence-corrected chi connectivity index (χ4v) is 2.18. The van der Waals surface area contributed by atoms with E-state index in [1.165, 1.54) is 0 Å². The summed E-state index contributed by atoms with van der Waals surface area (Å²) in [7, 11) is 0. The molecule has 0 aliphatic carbocycles. The molecule has 1 aliphatic heterocycles. The summed E-state index contributed by atoms with van der Waals surface area (Å²) in [6.45, 7) is 1.90. The Bertz CT molecular complexity index is 409. The second-order valence-corrected chi connectivity index (χ2v) is 4.27. The van der Waals surface area contributed by atoms with Crippen LogP contribution in [0.5, 0.6) is 0 Å². The molecule has 17 heavy (non-hydrogen) atoms. The molecule has 1 unspecified atom stereocenters. The smallest absolute Gasteiger partial charge is 0.222 e. The van der Waals surface area contributed by atoms with Crippen molar-refractivity contribution in [1.82, 2.24) is 10.2 Å². The van der Waals surface area contributed by atoms with Gasteiger partial charge in [0.05, 0.1) is 12.1 Å². The predicted octanol–water partition coefficient (Wildman–Crippen LogP) is -0.363. The van der Waals surface area contributed by atoms with Crippen LogP contribution >= 0.6 is 0 Å². The van der Waals surface area contributed by atoms with Gasteiger partial charge in [0, 0.05) is 25.2 Å². The molecule has 92 valence electrons. The van der Waals surface area contributed by atoms with E-state index < -0.39 is 0 Å². The van der Waals surface area contributed by atoms with Crippen molar-refractivity contribution in [3.63, 3.8) is 0 Å². The molecule has 1 aromatic heterocycles. The van der Waals surface area contributed by atoms with Crippen LogP contribution < -0.4 is 16.4 Å². The zero-order chi connectivity index (χ0) is 12.3. The zero-order valence-electron chi connectivity index (χ0n) is 9.67. The average molecular weight is 235 g/mol. The van der Waals surface area contributed by atoms with E-state index in [4.69, 9.17) is 11.5 Å². The Morgan fingerprint density at radius 3 is 3.12 bits per heavy atom. The number of amides is 1. The summed E-state index contributed by atoms with van der Waals surface area (Å²) in [6, 6.07) is 1.86. The SMILES string of the molecule is NCc1ccnnc1N1CCCC(C(N)=O)C1. The summed E-state index contributed by atoms with van der Waals surface area (Å²) >= 11 is 0. The van der Waals surface area contributed by atoms with Crippen LogP contribution in [0.15, 0.2) is 12.3 Å². The van der Waals surface area contributed by atoms with Crippen molar-refractivity contribution < 1.29 is 4.79 Å². The summed E-state index contributed by atoms with van der Waals surface area (Å²) < 4.78 is 0. The van der Waals surface area contributed by atoms with Gasteiger partial charge in [-0.05, 0) is 18.9 Å². The maximum absolute atomic E-state index is 11.2. The number of hydrogen-bond acceptors (Lipinski definition) is 5. The maximum Gasteiger partial charge on any atom is 0.222 e. The van der Waals surface area contributed by atoms with Gasteiger partial charge in [-0.1, -0.05) is 0 Å². The first-order valence-electron chi connectivity index (χ1n) is 5.77. The summed E-state index contributed by atoms with van der Waals surface area (Å²) in [4.78, 5) is 13.3. The van der Waals surface area contributed by atoms with Gasteiger partial charge < -0.3 is 16.4 Å². The van der Waals surface area contributed by atoms with Crippen LogP contribution in [0, 0.1) is 5.92 Å². The minimum atomic E-state index is -0.243. The Labute approximate surface area is 100.0 Å². The number of primary amides is 1. The minimum absolute atomic E-state index is 0.101. The van der Waals surface area contributed by atoms with Crippen LogP contribution in [0.1, 0.15) is 18.4 Å². The number of aromatic nitrogens is 2. The van der Waals surface area contributed by atoms with Crippen molar-refractivity contribution in [3.8, 4) is 0 Å². The van der Waals surface area contributed by atoms with Crippen molar-refractivity contribution in [1.29, 1.82) is 0 Å². The Kier molecular flexibility index (Phi) is 3.53. The third kappa shape index (κ3) is 2.52. The molecule has 1 atom stereocenters. The first kappa shape index (κ1) is 11.8. The van der Waals surface area contributed by atoms with Gasteiger partial charge >= 0.3 is 0 Å². The molecular weight excluding hydrogens is 218 g/mol. The van der Waals surface area contributed by atoms with Crippen LogP contribution in [0.25, 0.3) is 0 Å². The molecule has 4 N–H and O–H groups in total. The van der Waals surface area contributed by atoms with Crippen LogP contribution in [-0.2, 0) is 11.3 Å². The Balaban J connectivity index is 2.18. The first-order valence-corrected chi connectivity index (χ1v) is 5.77. The molecule has 2 rings (SSSR count). The highest BCUT2D eigenvalue weighted by atomic mass is 16.1. The molecule has 1 saturated heterocycles. The van der Waals surface area contributed by atoms with Gasteiger partial charge in [0.25, 0.3) is 0 Å². The van der Waals surface area contributed by atoms with Crippen LogP contribution in [0.4, 0.5) is 5.82 Å². The number of rotatable bonds is 3. The standard InChI is InChI=1S/C11H17N5O/c12-6-8-3-4-14-15-11(8)16-5-1-2-9(7-16)10(13)17/h3-4,9H,1-2,5-7,12H2,(H2,13,17). The second kappa shape index (κ2) is 5.09. The fraction of sp³-hybridized carbons (Fsp3) is 0.545. The number of piperidine rings is 1. The maximum atomic E-state index is 11.2. The lowest BCUT2D eigenvalue weighted by Crippen LogP contribution is -2.42. The van der Waals surface area contributed by atoms with Crippen molar-refractivity contribution >= 4 is 11.7 Å². The van der Waals surface area contributed by atoms with Crippen LogP contribution in [-0.4, -0.2) is 29.2 Å². The van der Waals surface area contributed by atoms with E-state index in [0.717, 1.165) is 30.8 Å². The van der Waals surface area contributed by atoms with E-state index in [-0.39, 0.29) is 11.8 Å². The van der Waals surface area contributed by atoms with Gasteiger partial charge in [-0.2, -0.15) is 5.10 Å². The molecular formula is C11H17N5O. The number of nitrogens with zero attached hydrogens (tertiary/aromatic N) is 3. The number of carbonyl (C=O) groups is 1. The highest BCUT2D eigenvalue weighted by molar-refractivity contribution is 5.77. The van der Waals surface area contributed by atoms with Crippen molar-refractivity contribution in [2.45, 2.75) is 19.4 Å². The Hall–Kier alpha value is -1.69. The first-order chi connectivity index (χ1) is 8.22. The molecule has 1 aliphatic rings. The Morgan fingerprint density at radius 1 is 1.59 bits per heavy atom. The third-order valence-corrected chi connectivity index (χ3v) is 3.13. The average Bonchev–Trinajstić information content (AvgIpc) is 2.39. The highest BCUT2D eigenvalue weighted by Crippen LogP contribution is 2.23. The van der Waals surface area contributed by atoms with Gasteiger partial charge in [0.1, 0.15) is 0 Å². The number of nitrogens with two attached hydrogens (primary N) is 2. The molecule has 6 nitrogen and oxygen atoms in total. The van der Waals surface area contributed by atoms with Gasteiger partial charge in [-0.25, -0.2) is 0 Å². The van der Waals surface area contributed by atoms with E-state index in [1.54, 1.807) is 6.20 Å². The molecule has 2 heterocycles. The van der Waals surface area contributed by atoms with Crippen molar-refractivity contribution in [2.24, 2.45) is 17.4 Å². The summed E-state index contributed by atoms with van der Waals surface area (Å²) in [5.41, 5.74) is 12.0. The molecule has 1 fully saturated rings. The molecule has 6 heteroatoms. The summed E-state index contributed by atoms with van der Waals surface area (Å²) in [5.74, 6) is 0.435. The van der Waals surface area contributed by atoms with Crippen LogP contribution in [0.2, 0.25) is 0 Å². The highest BCUT2D eigenvalue weighted by Gasteiger charge is 2.25. The number of hydrogen-bond donors (Lipinski definition) is 2. The molecule has 1 aromatic rings. The van der Waals surface area contributed by atoms with E-state index in [2.05, 4.69) is 10.2 Å². The lowest BCUT2D eigenvalue weighted by atomic mass is 9.97. The molecule has 0 spiro atoms. The van der Waals surface area contributed by atoms with Gasteiger partial charge in [0.15, 0.2) is 5.82 Å².